The van der Waals surface area contributed by atoms with Crippen molar-refractivity contribution in [3.05, 3.63) is 21.9 Å². The molecular formula is C11H19NOS. The molecule has 2 nitrogen and oxygen atoms in total. The van der Waals surface area contributed by atoms with E-state index in [0.717, 1.165) is 17.7 Å². The molecule has 0 aliphatic heterocycles. The highest BCUT2D eigenvalue weighted by molar-refractivity contribution is 7.13. The number of carbonyl (C=O) groups is 1. The Kier molecular flexibility index (Phi) is 8.48. The maximum Gasteiger partial charge on any atom is 0.160 e. The van der Waals surface area contributed by atoms with Crippen LogP contribution in [-0.2, 0) is 0 Å². The zero-order chi connectivity index (χ0) is 10.8. The number of hydrogen-bond donors (Lipinski definition) is 1. The van der Waals surface area contributed by atoms with Crippen LogP contribution < -0.4 is 5.32 Å². The van der Waals surface area contributed by atoms with Crippen LogP contribution >= 0.6 is 11.3 Å². The van der Waals surface area contributed by atoms with Gasteiger partial charge in [0, 0.05) is 4.88 Å². The number of aryl methyl sites for hydroxylation is 1. The topological polar surface area (TPSA) is 29.1 Å². The monoisotopic (exact) mass is 213 g/mol. The van der Waals surface area contributed by atoms with Crippen molar-refractivity contribution in [2.75, 3.05) is 13.6 Å². The third-order valence-corrected chi connectivity index (χ3v) is 2.58. The SMILES string of the molecule is CCCCNC.Cc1ccc(C=O)s1. The first-order chi connectivity index (χ1) is 6.74. The molecule has 1 aromatic heterocycles. The van der Waals surface area contributed by atoms with E-state index in [9.17, 15) is 4.79 Å². The average molecular weight is 213 g/mol. The van der Waals surface area contributed by atoms with Crippen molar-refractivity contribution in [1.29, 1.82) is 0 Å². The molecule has 1 rings (SSSR count). The number of carbonyl (C=O) groups excluding carboxylic acids is 1. The van der Waals surface area contributed by atoms with Gasteiger partial charge < -0.3 is 5.32 Å². The summed E-state index contributed by atoms with van der Waals surface area (Å²) >= 11 is 1.52. The Labute approximate surface area is 90.3 Å². The van der Waals surface area contributed by atoms with E-state index in [1.165, 1.54) is 29.1 Å². The lowest BCUT2D eigenvalue weighted by atomic mass is 10.3. The third kappa shape index (κ3) is 6.80. The van der Waals surface area contributed by atoms with Gasteiger partial charge >= 0.3 is 0 Å². The summed E-state index contributed by atoms with van der Waals surface area (Å²) in [4.78, 5) is 12.0. The van der Waals surface area contributed by atoms with E-state index < -0.39 is 0 Å². The Morgan fingerprint density at radius 3 is 2.43 bits per heavy atom. The molecule has 0 amide bonds. The number of nitrogens with one attached hydrogen (secondary N) is 1. The van der Waals surface area contributed by atoms with Gasteiger partial charge in [-0.25, -0.2) is 0 Å². The number of rotatable bonds is 4. The minimum atomic E-state index is 0.808. The van der Waals surface area contributed by atoms with Crippen LogP contribution in [0.1, 0.15) is 34.3 Å². The molecule has 0 aromatic carbocycles. The molecule has 0 bridgehead atoms. The Balaban J connectivity index is 0.000000255. The highest BCUT2D eigenvalue weighted by atomic mass is 32.1. The predicted molar refractivity (Wildman–Crippen MR) is 63.3 cm³/mol. The minimum Gasteiger partial charge on any atom is -0.320 e. The van der Waals surface area contributed by atoms with Crippen LogP contribution in [0.3, 0.4) is 0 Å². The summed E-state index contributed by atoms with van der Waals surface area (Å²) in [6.07, 6.45) is 3.47. The lowest BCUT2D eigenvalue weighted by Crippen LogP contribution is -2.06. The summed E-state index contributed by atoms with van der Waals surface area (Å²) in [7, 11) is 1.98. The van der Waals surface area contributed by atoms with Crippen molar-refractivity contribution >= 4 is 17.6 Å². The molecule has 0 saturated heterocycles. The molecule has 80 valence electrons. The zero-order valence-electron chi connectivity index (χ0n) is 9.17. The molecule has 0 aliphatic rings. The smallest absolute Gasteiger partial charge is 0.160 e. The van der Waals surface area contributed by atoms with Gasteiger partial charge in [-0.1, -0.05) is 13.3 Å². The molecule has 0 saturated carbocycles. The highest BCUT2D eigenvalue weighted by Crippen LogP contribution is 2.11. The van der Waals surface area contributed by atoms with E-state index in [-0.39, 0.29) is 0 Å². The third-order valence-electron chi connectivity index (χ3n) is 1.66. The molecule has 0 unspecified atom stereocenters. The van der Waals surface area contributed by atoms with Gasteiger partial charge in [-0.05, 0) is 39.1 Å². The van der Waals surface area contributed by atoms with Crippen LogP contribution in [0, 0.1) is 6.92 Å². The normalized spacial score (nSPS) is 9.07. The lowest BCUT2D eigenvalue weighted by molar-refractivity contribution is 0.112. The fraction of sp³-hybridized carbons (Fsp3) is 0.545. The Morgan fingerprint density at radius 2 is 2.21 bits per heavy atom. The van der Waals surface area contributed by atoms with Gasteiger partial charge in [-0.15, -0.1) is 11.3 Å². The standard InChI is InChI=1S/C6H6OS.C5H13N/c1-5-2-3-6(4-7)8-5;1-3-4-5-6-2/h2-4H,1H3;6H,3-5H2,1-2H3. The number of hydrogen-bond acceptors (Lipinski definition) is 3. The largest absolute Gasteiger partial charge is 0.320 e. The van der Waals surface area contributed by atoms with Crippen LogP contribution in [0.15, 0.2) is 12.1 Å². The summed E-state index contributed by atoms with van der Waals surface area (Å²) in [5, 5.41) is 3.07. The van der Waals surface area contributed by atoms with Crippen molar-refractivity contribution < 1.29 is 4.79 Å². The molecule has 0 aliphatic carbocycles. The number of unbranched alkanes of at least 4 members (excludes halogenated alkanes) is 1. The molecule has 0 fully saturated rings. The van der Waals surface area contributed by atoms with E-state index in [1.807, 2.05) is 26.1 Å². The first kappa shape index (κ1) is 13.3. The van der Waals surface area contributed by atoms with Gasteiger partial charge in [0.2, 0.25) is 0 Å². The van der Waals surface area contributed by atoms with Crippen LogP contribution in [-0.4, -0.2) is 19.9 Å². The van der Waals surface area contributed by atoms with Crippen molar-refractivity contribution in [2.24, 2.45) is 0 Å². The fourth-order valence-corrected chi connectivity index (χ4v) is 1.56. The Morgan fingerprint density at radius 1 is 1.50 bits per heavy atom. The fourth-order valence-electron chi connectivity index (χ4n) is 0.870. The Bertz CT molecular complexity index is 241. The van der Waals surface area contributed by atoms with Gasteiger partial charge in [0.1, 0.15) is 0 Å². The highest BCUT2D eigenvalue weighted by Gasteiger charge is 1.90. The molecule has 0 spiro atoms. The van der Waals surface area contributed by atoms with E-state index >= 15 is 0 Å². The van der Waals surface area contributed by atoms with Gasteiger partial charge in [0.15, 0.2) is 6.29 Å². The molecular weight excluding hydrogens is 194 g/mol. The molecule has 14 heavy (non-hydrogen) atoms. The van der Waals surface area contributed by atoms with Crippen molar-refractivity contribution in [1.82, 2.24) is 5.32 Å². The van der Waals surface area contributed by atoms with E-state index in [2.05, 4.69) is 12.2 Å². The average Bonchev–Trinajstić information content (AvgIpc) is 2.62. The van der Waals surface area contributed by atoms with Gasteiger partial charge in [0.05, 0.1) is 4.88 Å². The van der Waals surface area contributed by atoms with Crippen molar-refractivity contribution in [3.8, 4) is 0 Å². The summed E-state index contributed by atoms with van der Waals surface area (Å²) in [6, 6.07) is 3.77. The van der Waals surface area contributed by atoms with Gasteiger partial charge in [-0.3, -0.25) is 4.79 Å². The summed E-state index contributed by atoms with van der Waals surface area (Å²) < 4.78 is 0. The van der Waals surface area contributed by atoms with Crippen molar-refractivity contribution in [3.63, 3.8) is 0 Å². The minimum absolute atomic E-state index is 0.808. The molecule has 0 atom stereocenters. The maximum absolute atomic E-state index is 10.0. The first-order valence-corrected chi connectivity index (χ1v) is 5.72. The first-order valence-electron chi connectivity index (χ1n) is 4.90. The van der Waals surface area contributed by atoms with Crippen LogP contribution in [0.5, 0.6) is 0 Å². The maximum atomic E-state index is 10.0. The Hall–Kier alpha value is -0.670. The molecule has 1 heterocycles. The van der Waals surface area contributed by atoms with Gasteiger partial charge in [0.25, 0.3) is 0 Å². The van der Waals surface area contributed by atoms with Crippen LogP contribution in [0.4, 0.5) is 0 Å². The summed E-state index contributed by atoms with van der Waals surface area (Å²) in [5.74, 6) is 0. The molecule has 3 heteroatoms. The molecule has 1 aromatic rings. The number of aldehydes is 1. The van der Waals surface area contributed by atoms with E-state index in [0.29, 0.717) is 0 Å². The second-order valence-corrected chi connectivity index (χ2v) is 4.34. The second kappa shape index (κ2) is 8.91. The molecule has 0 radical (unpaired) electrons. The summed E-state index contributed by atoms with van der Waals surface area (Å²) in [6.45, 7) is 5.34. The quantitative estimate of drug-likeness (QED) is 0.615. The lowest BCUT2D eigenvalue weighted by Gasteiger charge is -1.89. The zero-order valence-corrected chi connectivity index (χ0v) is 9.99. The van der Waals surface area contributed by atoms with E-state index in [4.69, 9.17) is 0 Å². The van der Waals surface area contributed by atoms with Crippen LogP contribution in [0.25, 0.3) is 0 Å². The van der Waals surface area contributed by atoms with E-state index in [1.54, 1.807) is 0 Å². The van der Waals surface area contributed by atoms with Crippen LogP contribution in [0.2, 0.25) is 0 Å². The molecule has 1 N–H and O–H groups in total. The predicted octanol–water partition coefficient (Wildman–Crippen LogP) is 2.87. The number of thiophene rings is 1. The summed E-state index contributed by atoms with van der Waals surface area (Å²) in [5.41, 5.74) is 0. The van der Waals surface area contributed by atoms with Crippen molar-refractivity contribution in [2.45, 2.75) is 26.7 Å². The van der Waals surface area contributed by atoms with Gasteiger partial charge in [-0.2, -0.15) is 0 Å². The second-order valence-electron chi connectivity index (χ2n) is 3.02.